The lowest BCUT2D eigenvalue weighted by Crippen LogP contribution is -2.38. The third-order valence-electron chi connectivity index (χ3n) is 4.44. The molecule has 0 saturated carbocycles. The molecule has 3 nitrogen and oxygen atoms in total. The summed E-state index contributed by atoms with van der Waals surface area (Å²) < 4.78 is 11.4. The molecule has 0 aromatic heterocycles. The number of hydrogen-bond acceptors (Lipinski definition) is 3. The normalized spacial score (nSPS) is 15.1. The molecular formula is C20H26O3. The maximum absolute atomic E-state index is 12.8. The second kappa shape index (κ2) is 7.60. The molecule has 0 unspecified atom stereocenters. The van der Waals surface area contributed by atoms with Gasteiger partial charge in [0.2, 0.25) is 0 Å². The SMILES string of the molecule is CCC[C@@H](CC)OC(=O)[C@@](C)(OC)c1cccc2ccccc12. The van der Waals surface area contributed by atoms with Gasteiger partial charge in [-0.05, 0) is 30.5 Å². The molecule has 0 amide bonds. The number of esters is 1. The van der Waals surface area contributed by atoms with Crippen LogP contribution in [0.2, 0.25) is 0 Å². The van der Waals surface area contributed by atoms with E-state index < -0.39 is 5.60 Å². The molecular weight excluding hydrogens is 288 g/mol. The third kappa shape index (κ3) is 3.56. The van der Waals surface area contributed by atoms with Crippen LogP contribution in [0.5, 0.6) is 0 Å². The number of carbonyl (C=O) groups is 1. The quantitative estimate of drug-likeness (QED) is 0.687. The van der Waals surface area contributed by atoms with Gasteiger partial charge in [0.1, 0.15) is 6.10 Å². The zero-order valence-corrected chi connectivity index (χ0v) is 14.5. The van der Waals surface area contributed by atoms with Gasteiger partial charge >= 0.3 is 5.97 Å². The van der Waals surface area contributed by atoms with Gasteiger partial charge in [0.25, 0.3) is 0 Å². The summed E-state index contributed by atoms with van der Waals surface area (Å²) in [5.41, 5.74) is -0.267. The molecule has 2 aromatic carbocycles. The van der Waals surface area contributed by atoms with Crippen LogP contribution in [-0.4, -0.2) is 19.2 Å². The Morgan fingerprint density at radius 3 is 2.48 bits per heavy atom. The molecule has 0 aliphatic carbocycles. The summed E-state index contributed by atoms with van der Waals surface area (Å²) in [5.74, 6) is -0.323. The van der Waals surface area contributed by atoms with Crippen molar-refractivity contribution in [2.45, 2.75) is 51.7 Å². The van der Waals surface area contributed by atoms with Crippen molar-refractivity contribution in [2.24, 2.45) is 0 Å². The molecule has 2 rings (SSSR count). The Balaban J connectivity index is 2.40. The highest BCUT2D eigenvalue weighted by atomic mass is 16.6. The molecule has 23 heavy (non-hydrogen) atoms. The number of rotatable bonds is 7. The fourth-order valence-corrected chi connectivity index (χ4v) is 2.88. The highest BCUT2D eigenvalue weighted by Crippen LogP contribution is 2.33. The zero-order valence-electron chi connectivity index (χ0n) is 14.5. The van der Waals surface area contributed by atoms with Crippen molar-refractivity contribution in [1.82, 2.24) is 0 Å². The van der Waals surface area contributed by atoms with Gasteiger partial charge in [0, 0.05) is 12.7 Å². The molecule has 2 atom stereocenters. The Hall–Kier alpha value is -1.87. The van der Waals surface area contributed by atoms with Crippen LogP contribution >= 0.6 is 0 Å². The number of benzene rings is 2. The maximum atomic E-state index is 12.8. The summed E-state index contributed by atoms with van der Waals surface area (Å²) in [5, 5.41) is 2.10. The Bertz CT molecular complexity index is 659. The smallest absolute Gasteiger partial charge is 0.343 e. The van der Waals surface area contributed by atoms with Crippen LogP contribution in [0.25, 0.3) is 10.8 Å². The van der Waals surface area contributed by atoms with Crippen molar-refractivity contribution in [2.75, 3.05) is 7.11 Å². The van der Waals surface area contributed by atoms with Gasteiger partial charge in [-0.25, -0.2) is 4.79 Å². The van der Waals surface area contributed by atoms with Crippen LogP contribution in [0.1, 0.15) is 45.6 Å². The molecule has 124 valence electrons. The summed E-state index contributed by atoms with van der Waals surface area (Å²) in [6.45, 7) is 5.92. The van der Waals surface area contributed by atoms with E-state index in [1.165, 1.54) is 0 Å². The van der Waals surface area contributed by atoms with Crippen molar-refractivity contribution < 1.29 is 14.3 Å². The summed E-state index contributed by atoms with van der Waals surface area (Å²) in [4.78, 5) is 12.8. The van der Waals surface area contributed by atoms with Crippen molar-refractivity contribution in [1.29, 1.82) is 0 Å². The van der Waals surface area contributed by atoms with Gasteiger partial charge in [-0.1, -0.05) is 62.7 Å². The number of methoxy groups -OCH3 is 1. The predicted octanol–water partition coefficient (Wildman–Crippen LogP) is 4.82. The lowest BCUT2D eigenvalue weighted by Gasteiger charge is -2.29. The Labute approximate surface area is 138 Å². The Morgan fingerprint density at radius 2 is 1.83 bits per heavy atom. The van der Waals surface area contributed by atoms with Crippen LogP contribution in [0.15, 0.2) is 42.5 Å². The number of ether oxygens (including phenoxy) is 2. The van der Waals surface area contributed by atoms with E-state index in [0.29, 0.717) is 0 Å². The minimum Gasteiger partial charge on any atom is -0.460 e. The number of carbonyl (C=O) groups excluding carboxylic acids is 1. The van der Waals surface area contributed by atoms with E-state index in [9.17, 15) is 4.79 Å². The maximum Gasteiger partial charge on any atom is 0.343 e. The monoisotopic (exact) mass is 314 g/mol. The highest BCUT2D eigenvalue weighted by molar-refractivity contribution is 5.92. The topological polar surface area (TPSA) is 35.5 Å². The third-order valence-corrected chi connectivity index (χ3v) is 4.44. The van der Waals surface area contributed by atoms with Crippen LogP contribution in [0.4, 0.5) is 0 Å². The second-order valence-electron chi connectivity index (χ2n) is 5.99. The molecule has 2 aromatic rings. The fourth-order valence-electron chi connectivity index (χ4n) is 2.88. The largest absolute Gasteiger partial charge is 0.460 e. The minimum absolute atomic E-state index is 0.0584. The van der Waals surface area contributed by atoms with Crippen molar-refractivity contribution in [3.8, 4) is 0 Å². The Kier molecular flexibility index (Phi) is 5.78. The molecule has 0 spiro atoms. The van der Waals surface area contributed by atoms with Crippen LogP contribution in [0.3, 0.4) is 0 Å². The molecule has 0 aliphatic heterocycles. The Morgan fingerprint density at radius 1 is 1.13 bits per heavy atom. The van der Waals surface area contributed by atoms with E-state index in [-0.39, 0.29) is 12.1 Å². The average molecular weight is 314 g/mol. The molecule has 0 saturated heterocycles. The fraction of sp³-hybridized carbons (Fsp3) is 0.450. The van der Waals surface area contributed by atoms with E-state index >= 15 is 0 Å². The van der Waals surface area contributed by atoms with E-state index in [1.54, 1.807) is 14.0 Å². The molecule has 0 bridgehead atoms. The first kappa shape index (κ1) is 17.5. The minimum atomic E-state index is -1.11. The van der Waals surface area contributed by atoms with Gasteiger partial charge in [-0.3, -0.25) is 0 Å². The van der Waals surface area contributed by atoms with E-state index in [1.807, 2.05) is 49.4 Å². The standard InChI is InChI=1S/C20H26O3/c1-5-10-16(6-2)23-19(21)20(3,22-4)18-14-9-12-15-11-7-8-13-17(15)18/h7-9,11-14,16H,5-6,10H2,1-4H3/t16-,20+/m1/s1. The van der Waals surface area contributed by atoms with Gasteiger partial charge in [0.15, 0.2) is 5.60 Å². The first-order valence-electron chi connectivity index (χ1n) is 8.31. The molecule has 0 fully saturated rings. The summed E-state index contributed by atoms with van der Waals surface area (Å²) in [6, 6.07) is 13.9. The lowest BCUT2D eigenvalue weighted by atomic mass is 9.90. The van der Waals surface area contributed by atoms with Crippen LogP contribution in [-0.2, 0) is 19.9 Å². The molecule has 0 aliphatic rings. The van der Waals surface area contributed by atoms with Crippen LogP contribution in [0, 0.1) is 0 Å². The van der Waals surface area contributed by atoms with E-state index in [2.05, 4.69) is 6.92 Å². The van der Waals surface area contributed by atoms with E-state index in [4.69, 9.17) is 9.47 Å². The number of fused-ring (bicyclic) bond motifs is 1. The first-order valence-corrected chi connectivity index (χ1v) is 8.31. The van der Waals surface area contributed by atoms with Crippen molar-refractivity contribution in [3.63, 3.8) is 0 Å². The summed E-state index contributed by atoms with van der Waals surface area (Å²) >= 11 is 0. The zero-order chi connectivity index (χ0) is 16.9. The van der Waals surface area contributed by atoms with Gasteiger partial charge in [0.05, 0.1) is 0 Å². The van der Waals surface area contributed by atoms with Gasteiger partial charge in [-0.2, -0.15) is 0 Å². The molecule has 0 N–H and O–H groups in total. The average Bonchev–Trinajstić information content (AvgIpc) is 2.59. The first-order chi connectivity index (χ1) is 11.1. The highest BCUT2D eigenvalue weighted by Gasteiger charge is 2.39. The second-order valence-corrected chi connectivity index (χ2v) is 5.99. The molecule has 0 heterocycles. The van der Waals surface area contributed by atoms with Gasteiger partial charge < -0.3 is 9.47 Å². The summed E-state index contributed by atoms with van der Waals surface area (Å²) in [7, 11) is 1.56. The number of hydrogen-bond donors (Lipinski definition) is 0. The molecule has 3 heteroatoms. The predicted molar refractivity (Wildman–Crippen MR) is 93.4 cm³/mol. The molecule has 0 radical (unpaired) electrons. The lowest BCUT2D eigenvalue weighted by molar-refractivity contribution is -0.174. The van der Waals surface area contributed by atoms with Crippen molar-refractivity contribution in [3.05, 3.63) is 48.0 Å². The van der Waals surface area contributed by atoms with Gasteiger partial charge in [-0.15, -0.1) is 0 Å². The summed E-state index contributed by atoms with van der Waals surface area (Å²) in [6.07, 6.45) is 2.62. The van der Waals surface area contributed by atoms with E-state index in [0.717, 1.165) is 35.6 Å². The van der Waals surface area contributed by atoms with Crippen LogP contribution < -0.4 is 0 Å². The van der Waals surface area contributed by atoms with Crippen molar-refractivity contribution >= 4 is 16.7 Å².